The highest BCUT2D eigenvalue weighted by molar-refractivity contribution is 5.97. The second kappa shape index (κ2) is 6.97. The number of benzene rings is 1. The molecule has 1 aromatic heterocycles. The lowest BCUT2D eigenvalue weighted by molar-refractivity contribution is 0.0702. The van der Waals surface area contributed by atoms with Gasteiger partial charge in [0.05, 0.1) is 19.8 Å². The van der Waals surface area contributed by atoms with Crippen molar-refractivity contribution in [2.45, 2.75) is 37.5 Å². The summed E-state index contributed by atoms with van der Waals surface area (Å²) in [6.45, 7) is 1.32. The first-order valence-corrected chi connectivity index (χ1v) is 9.04. The van der Waals surface area contributed by atoms with E-state index in [4.69, 9.17) is 13.9 Å². The SMILES string of the molecule is COc1cccc(C(=O)N2CCC(c3nnc(C4CC4)o3)CC2)c1OC. The number of likely N-dealkylation sites (tertiary alicyclic amines) is 1. The molecule has 7 nitrogen and oxygen atoms in total. The van der Waals surface area contributed by atoms with Crippen LogP contribution in [-0.4, -0.2) is 48.3 Å². The van der Waals surface area contributed by atoms with Crippen molar-refractivity contribution >= 4 is 5.91 Å². The monoisotopic (exact) mass is 357 g/mol. The summed E-state index contributed by atoms with van der Waals surface area (Å²) in [5.74, 6) is 3.20. The van der Waals surface area contributed by atoms with Crippen LogP contribution in [-0.2, 0) is 0 Å². The zero-order chi connectivity index (χ0) is 18.1. The Bertz CT molecular complexity index is 792. The normalized spacial score (nSPS) is 18.0. The largest absolute Gasteiger partial charge is 0.493 e. The van der Waals surface area contributed by atoms with Crippen LogP contribution in [0.1, 0.15) is 59.7 Å². The fraction of sp³-hybridized carbons (Fsp3) is 0.526. The predicted octanol–water partition coefficient (Wildman–Crippen LogP) is 2.98. The van der Waals surface area contributed by atoms with Crippen LogP contribution in [0.2, 0.25) is 0 Å². The van der Waals surface area contributed by atoms with Crippen molar-refractivity contribution in [2.75, 3.05) is 27.3 Å². The molecule has 2 fully saturated rings. The maximum Gasteiger partial charge on any atom is 0.257 e. The van der Waals surface area contributed by atoms with Gasteiger partial charge in [0.1, 0.15) is 0 Å². The number of nitrogens with zero attached hydrogens (tertiary/aromatic N) is 3. The van der Waals surface area contributed by atoms with E-state index in [0.717, 1.165) is 37.5 Å². The van der Waals surface area contributed by atoms with Crippen molar-refractivity contribution in [3.63, 3.8) is 0 Å². The summed E-state index contributed by atoms with van der Waals surface area (Å²) in [4.78, 5) is 14.8. The van der Waals surface area contributed by atoms with Gasteiger partial charge in [-0.05, 0) is 37.8 Å². The van der Waals surface area contributed by atoms with Crippen molar-refractivity contribution in [2.24, 2.45) is 0 Å². The van der Waals surface area contributed by atoms with Gasteiger partial charge < -0.3 is 18.8 Å². The summed E-state index contributed by atoms with van der Waals surface area (Å²) in [6.07, 6.45) is 3.95. The molecule has 1 saturated heterocycles. The van der Waals surface area contributed by atoms with Gasteiger partial charge in [-0.2, -0.15) is 0 Å². The second-order valence-corrected chi connectivity index (χ2v) is 6.86. The number of aromatic nitrogens is 2. The minimum absolute atomic E-state index is 0.0385. The molecule has 1 aromatic carbocycles. The van der Waals surface area contributed by atoms with Crippen molar-refractivity contribution < 1.29 is 18.7 Å². The van der Waals surface area contributed by atoms with Gasteiger partial charge in [0.25, 0.3) is 5.91 Å². The van der Waals surface area contributed by atoms with E-state index in [-0.39, 0.29) is 11.8 Å². The number of hydrogen-bond acceptors (Lipinski definition) is 6. The van der Waals surface area contributed by atoms with Crippen LogP contribution in [0.3, 0.4) is 0 Å². The molecule has 0 bridgehead atoms. The lowest BCUT2D eigenvalue weighted by atomic mass is 9.96. The van der Waals surface area contributed by atoms with E-state index in [0.29, 0.717) is 36.1 Å². The highest BCUT2D eigenvalue weighted by Gasteiger charge is 2.33. The Labute approximate surface area is 152 Å². The zero-order valence-corrected chi connectivity index (χ0v) is 15.1. The Morgan fingerprint density at radius 1 is 1.04 bits per heavy atom. The molecule has 2 heterocycles. The summed E-state index contributed by atoms with van der Waals surface area (Å²) in [5, 5.41) is 8.39. The van der Waals surface area contributed by atoms with E-state index in [9.17, 15) is 4.79 Å². The number of amides is 1. The highest BCUT2D eigenvalue weighted by Crippen LogP contribution is 2.40. The average Bonchev–Trinajstić information content (AvgIpc) is 3.43. The summed E-state index contributed by atoms with van der Waals surface area (Å²) >= 11 is 0. The Kier molecular flexibility index (Phi) is 4.53. The van der Waals surface area contributed by atoms with Gasteiger partial charge in [-0.25, -0.2) is 0 Å². The molecule has 0 N–H and O–H groups in total. The van der Waals surface area contributed by atoms with Crippen LogP contribution in [0, 0.1) is 0 Å². The first-order valence-electron chi connectivity index (χ1n) is 9.04. The van der Waals surface area contributed by atoms with E-state index < -0.39 is 0 Å². The maximum atomic E-state index is 12.9. The lowest BCUT2D eigenvalue weighted by Gasteiger charge is -2.31. The topological polar surface area (TPSA) is 77.7 Å². The standard InChI is InChI=1S/C19H23N3O4/c1-24-15-5-3-4-14(16(15)25-2)19(23)22-10-8-13(9-11-22)18-21-20-17(26-18)12-6-7-12/h3-5,12-13H,6-11H2,1-2H3. The molecular formula is C19H23N3O4. The smallest absolute Gasteiger partial charge is 0.257 e. The average molecular weight is 357 g/mol. The van der Waals surface area contributed by atoms with Crippen LogP contribution in [0.15, 0.2) is 22.6 Å². The van der Waals surface area contributed by atoms with Gasteiger partial charge in [-0.15, -0.1) is 10.2 Å². The molecule has 0 atom stereocenters. The van der Waals surface area contributed by atoms with Gasteiger partial charge >= 0.3 is 0 Å². The van der Waals surface area contributed by atoms with Crippen LogP contribution >= 0.6 is 0 Å². The molecule has 1 amide bonds. The minimum atomic E-state index is -0.0385. The van der Waals surface area contributed by atoms with Gasteiger partial charge in [-0.1, -0.05) is 6.07 Å². The number of rotatable bonds is 5. The second-order valence-electron chi connectivity index (χ2n) is 6.86. The minimum Gasteiger partial charge on any atom is -0.493 e. The Morgan fingerprint density at radius 2 is 1.69 bits per heavy atom. The number of hydrogen-bond donors (Lipinski definition) is 0. The molecule has 7 heteroatoms. The fourth-order valence-corrected chi connectivity index (χ4v) is 3.46. The first kappa shape index (κ1) is 16.9. The molecule has 1 aliphatic heterocycles. The molecule has 4 rings (SSSR count). The van der Waals surface area contributed by atoms with E-state index >= 15 is 0 Å². The van der Waals surface area contributed by atoms with E-state index in [1.54, 1.807) is 32.4 Å². The molecule has 0 spiro atoms. The molecule has 2 aliphatic rings. The molecule has 0 radical (unpaired) electrons. The summed E-state index contributed by atoms with van der Waals surface area (Å²) < 4.78 is 16.5. The number of piperidine rings is 1. The zero-order valence-electron chi connectivity index (χ0n) is 15.1. The molecule has 138 valence electrons. The van der Waals surface area contributed by atoms with Gasteiger partial charge in [-0.3, -0.25) is 4.79 Å². The molecule has 1 saturated carbocycles. The molecule has 26 heavy (non-hydrogen) atoms. The molecule has 1 aliphatic carbocycles. The number of carbonyl (C=O) groups excluding carboxylic acids is 1. The number of ether oxygens (including phenoxy) is 2. The van der Waals surface area contributed by atoms with E-state index in [2.05, 4.69) is 10.2 Å². The van der Waals surface area contributed by atoms with Crippen molar-refractivity contribution in [1.29, 1.82) is 0 Å². The van der Waals surface area contributed by atoms with Crippen LogP contribution in [0.25, 0.3) is 0 Å². The van der Waals surface area contributed by atoms with E-state index in [1.165, 1.54) is 0 Å². The Hall–Kier alpha value is -2.57. The summed E-state index contributed by atoms with van der Waals surface area (Å²) in [5.41, 5.74) is 0.527. The van der Waals surface area contributed by atoms with Gasteiger partial charge in [0, 0.05) is 24.9 Å². The number of carbonyl (C=O) groups is 1. The summed E-state index contributed by atoms with van der Waals surface area (Å²) in [7, 11) is 3.12. The quantitative estimate of drug-likeness (QED) is 0.819. The third-order valence-electron chi connectivity index (χ3n) is 5.15. The molecular weight excluding hydrogens is 334 g/mol. The van der Waals surface area contributed by atoms with E-state index in [1.807, 2.05) is 4.90 Å². The fourth-order valence-electron chi connectivity index (χ4n) is 3.46. The number of methoxy groups -OCH3 is 2. The lowest BCUT2D eigenvalue weighted by Crippen LogP contribution is -2.38. The predicted molar refractivity (Wildman–Crippen MR) is 93.7 cm³/mol. The highest BCUT2D eigenvalue weighted by atomic mass is 16.5. The first-order chi connectivity index (χ1) is 12.7. The third-order valence-corrected chi connectivity index (χ3v) is 5.15. The van der Waals surface area contributed by atoms with Crippen LogP contribution in [0.4, 0.5) is 0 Å². The van der Waals surface area contributed by atoms with Gasteiger partial charge in [0.15, 0.2) is 11.5 Å². The Morgan fingerprint density at radius 3 is 2.27 bits per heavy atom. The van der Waals surface area contributed by atoms with Crippen molar-refractivity contribution in [3.8, 4) is 11.5 Å². The third kappa shape index (κ3) is 3.13. The molecule has 2 aromatic rings. The van der Waals surface area contributed by atoms with Crippen LogP contribution < -0.4 is 9.47 Å². The van der Waals surface area contributed by atoms with Crippen LogP contribution in [0.5, 0.6) is 11.5 Å². The maximum absolute atomic E-state index is 12.9. The van der Waals surface area contributed by atoms with Crippen molar-refractivity contribution in [3.05, 3.63) is 35.5 Å². The van der Waals surface area contributed by atoms with Crippen molar-refractivity contribution in [1.82, 2.24) is 15.1 Å². The molecule has 0 unspecified atom stereocenters. The Balaban J connectivity index is 1.43. The number of para-hydroxylation sites is 1. The van der Waals surface area contributed by atoms with Gasteiger partial charge in [0.2, 0.25) is 11.8 Å². The summed E-state index contributed by atoms with van der Waals surface area (Å²) in [6, 6.07) is 5.36.